The van der Waals surface area contributed by atoms with Gasteiger partial charge in [0.1, 0.15) is 17.2 Å². The third kappa shape index (κ3) is 5.76. The van der Waals surface area contributed by atoms with Crippen LogP contribution >= 0.6 is 11.3 Å². The highest BCUT2D eigenvalue weighted by Crippen LogP contribution is 2.47. The van der Waals surface area contributed by atoms with E-state index in [1.165, 1.54) is 47.4 Å². The molecule has 1 aliphatic carbocycles. The van der Waals surface area contributed by atoms with Gasteiger partial charge in [0.2, 0.25) is 0 Å². The molecule has 3 heterocycles. The average molecular weight is 545 g/mol. The van der Waals surface area contributed by atoms with Crippen LogP contribution in [0.2, 0.25) is 0 Å². The molecule has 4 aromatic rings. The summed E-state index contributed by atoms with van der Waals surface area (Å²) >= 11 is 1.45. The first-order valence-electron chi connectivity index (χ1n) is 14.1. The summed E-state index contributed by atoms with van der Waals surface area (Å²) in [5.74, 6) is 0.463. The minimum atomic E-state index is -0.841. The van der Waals surface area contributed by atoms with E-state index in [9.17, 15) is 9.90 Å². The summed E-state index contributed by atoms with van der Waals surface area (Å²) in [6, 6.07) is 20.6. The Kier molecular flexibility index (Phi) is 8.00. The van der Waals surface area contributed by atoms with Gasteiger partial charge in [0.05, 0.1) is 29.1 Å². The van der Waals surface area contributed by atoms with Crippen LogP contribution < -0.4 is 4.74 Å². The number of rotatable bonds is 9. The lowest BCUT2D eigenvalue weighted by Crippen LogP contribution is -2.38. The van der Waals surface area contributed by atoms with E-state index in [0.717, 1.165) is 73.8 Å². The fourth-order valence-electron chi connectivity index (χ4n) is 6.08. The standard InChI is InChI=1S/C32H36N2O4S/c35-32(36)28-21-27-31(39-28)29(24-9-5-2-6-10-24)30(34(27)16-15-33-17-19-37-20-18-33)25-11-13-26(14-12-25)38-22-23-7-3-1-4-8-23/h1,3-4,7-8,11-14,21,24H,2,5-6,9-10,15-20,22H2,(H,35,36). The average Bonchev–Trinajstić information content (AvgIpc) is 3.55. The van der Waals surface area contributed by atoms with Crippen molar-refractivity contribution in [1.29, 1.82) is 0 Å². The summed E-state index contributed by atoms with van der Waals surface area (Å²) in [4.78, 5) is 14.9. The van der Waals surface area contributed by atoms with Crippen LogP contribution in [0, 0.1) is 0 Å². The molecule has 39 heavy (non-hydrogen) atoms. The molecule has 0 atom stereocenters. The molecule has 0 spiro atoms. The third-order valence-corrected chi connectivity index (χ3v) is 9.26. The molecule has 2 aliphatic rings. The molecule has 7 heteroatoms. The lowest BCUT2D eigenvalue weighted by molar-refractivity contribution is 0.0366. The highest BCUT2D eigenvalue weighted by Gasteiger charge is 2.29. The minimum Gasteiger partial charge on any atom is -0.489 e. The van der Waals surface area contributed by atoms with Gasteiger partial charge < -0.3 is 19.1 Å². The zero-order valence-electron chi connectivity index (χ0n) is 22.3. The maximum absolute atomic E-state index is 12.0. The molecule has 0 amide bonds. The zero-order valence-corrected chi connectivity index (χ0v) is 23.1. The quantitative estimate of drug-likeness (QED) is 0.245. The molecular formula is C32H36N2O4S. The van der Waals surface area contributed by atoms with Crippen molar-refractivity contribution in [1.82, 2.24) is 9.47 Å². The second-order valence-electron chi connectivity index (χ2n) is 10.6. The van der Waals surface area contributed by atoms with E-state index >= 15 is 0 Å². The number of morpholine rings is 1. The number of aromatic carboxylic acids is 1. The number of carbonyl (C=O) groups is 1. The second-order valence-corrected chi connectivity index (χ2v) is 11.7. The predicted molar refractivity (Wildman–Crippen MR) is 156 cm³/mol. The van der Waals surface area contributed by atoms with Crippen molar-refractivity contribution in [2.24, 2.45) is 0 Å². The number of fused-ring (bicyclic) bond motifs is 1. The molecular weight excluding hydrogens is 508 g/mol. The summed E-state index contributed by atoms with van der Waals surface area (Å²) in [5.41, 5.74) is 5.98. The molecule has 0 unspecified atom stereocenters. The fourth-order valence-corrected chi connectivity index (χ4v) is 7.21. The first-order chi connectivity index (χ1) is 19.2. The topological polar surface area (TPSA) is 63.9 Å². The summed E-state index contributed by atoms with van der Waals surface area (Å²) in [6.07, 6.45) is 6.06. The van der Waals surface area contributed by atoms with Gasteiger partial charge in [0.15, 0.2) is 0 Å². The highest BCUT2D eigenvalue weighted by molar-refractivity contribution is 7.21. The Hall–Kier alpha value is -3.13. The predicted octanol–water partition coefficient (Wildman–Crippen LogP) is 7.03. The maximum atomic E-state index is 12.0. The Labute approximate surface area is 233 Å². The Balaban J connectivity index is 1.38. The van der Waals surface area contributed by atoms with Gasteiger partial charge in [-0.15, -0.1) is 11.3 Å². The van der Waals surface area contributed by atoms with Crippen LogP contribution in [0.15, 0.2) is 60.7 Å². The number of thiophene rings is 1. The van der Waals surface area contributed by atoms with E-state index in [0.29, 0.717) is 17.4 Å². The van der Waals surface area contributed by atoms with Crippen molar-refractivity contribution in [2.75, 3.05) is 32.8 Å². The van der Waals surface area contributed by atoms with Gasteiger partial charge in [-0.25, -0.2) is 4.79 Å². The SMILES string of the molecule is O=C(O)c1cc2c(s1)c(C1CCCCC1)c(-c1ccc(OCc3ccccc3)cc1)n2CCN1CCOCC1. The van der Waals surface area contributed by atoms with Crippen molar-refractivity contribution in [3.05, 3.63) is 76.7 Å². The van der Waals surface area contributed by atoms with E-state index in [1.807, 2.05) is 24.3 Å². The van der Waals surface area contributed by atoms with Crippen molar-refractivity contribution in [2.45, 2.75) is 51.2 Å². The van der Waals surface area contributed by atoms with Crippen molar-refractivity contribution < 1.29 is 19.4 Å². The van der Waals surface area contributed by atoms with Gasteiger partial charge in [-0.05, 0) is 65.8 Å². The van der Waals surface area contributed by atoms with Crippen LogP contribution in [-0.4, -0.2) is 53.4 Å². The summed E-state index contributed by atoms with van der Waals surface area (Å²) in [6.45, 7) is 5.69. The first kappa shape index (κ1) is 26.1. The number of carboxylic acid groups (broad SMARTS) is 1. The van der Waals surface area contributed by atoms with Gasteiger partial charge in [-0.1, -0.05) is 49.6 Å². The Morgan fingerprint density at radius 2 is 1.72 bits per heavy atom. The maximum Gasteiger partial charge on any atom is 0.345 e. The number of nitrogens with zero attached hydrogens (tertiary/aromatic N) is 2. The zero-order chi connectivity index (χ0) is 26.6. The number of hydrogen-bond acceptors (Lipinski definition) is 5. The monoisotopic (exact) mass is 544 g/mol. The van der Waals surface area contributed by atoms with Crippen LogP contribution in [0.5, 0.6) is 5.75 Å². The normalized spacial score (nSPS) is 17.0. The molecule has 6 rings (SSSR count). The van der Waals surface area contributed by atoms with Crippen molar-refractivity contribution in [3.8, 4) is 17.0 Å². The van der Waals surface area contributed by atoms with Crippen molar-refractivity contribution in [3.63, 3.8) is 0 Å². The van der Waals surface area contributed by atoms with Gasteiger partial charge in [-0.2, -0.15) is 0 Å². The lowest BCUT2D eigenvalue weighted by Gasteiger charge is -2.27. The van der Waals surface area contributed by atoms with Gasteiger partial charge in [0, 0.05) is 26.2 Å². The van der Waals surface area contributed by atoms with E-state index in [4.69, 9.17) is 9.47 Å². The Morgan fingerprint density at radius 1 is 0.974 bits per heavy atom. The molecule has 2 aromatic heterocycles. The van der Waals surface area contributed by atoms with E-state index in [-0.39, 0.29) is 0 Å². The number of hydrogen-bond donors (Lipinski definition) is 1. The Bertz CT molecular complexity index is 1400. The third-order valence-electron chi connectivity index (χ3n) is 8.12. The van der Waals surface area contributed by atoms with Crippen LogP contribution in [0.25, 0.3) is 21.5 Å². The number of benzene rings is 2. The van der Waals surface area contributed by atoms with E-state index < -0.39 is 5.97 Å². The van der Waals surface area contributed by atoms with Crippen LogP contribution in [0.3, 0.4) is 0 Å². The van der Waals surface area contributed by atoms with Gasteiger partial charge in [0.25, 0.3) is 0 Å². The molecule has 1 aliphatic heterocycles. The van der Waals surface area contributed by atoms with Crippen LogP contribution in [-0.2, 0) is 17.9 Å². The molecule has 1 N–H and O–H groups in total. The largest absolute Gasteiger partial charge is 0.489 e. The smallest absolute Gasteiger partial charge is 0.345 e. The lowest BCUT2D eigenvalue weighted by atomic mass is 9.83. The van der Waals surface area contributed by atoms with Crippen molar-refractivity contribution >= 4 is 27.5 Å². The molecule has 1 saturated carbocycles. The van der Waals surface area contributed by atoms with Gasteiger partial charge >= 0.3 is 5.97 Å². The number of carboxylic acids is 1. The minimum absolute atomic E-state index is 0.424. The Morgan fingerprint density at radius 3 is 2.44 bits per heavy atom. The summed E-state index contributed by atoms with van der Waals surface area (Å²) in [7, 11) is 0. The van der Waals surface area contributed by atoms with E-state index in [2.05, 4.69) is 45.9 Å². The molecule has 6 nitrogen and oxygen atoms in total. The summed E-state index contributed by atoms with van der Waals surface area (Å²) < 4.78 is 15.2. The highest BCUT2D eigenvalue weighted by atomic mass is 32.1. The first-order valence-corrected chi connectivity index (χ1v) is 15.0. The van der Waals surface area contributed by atoms with Crippen LogP contribution in [0.4, 0.5) is 0 Å². The molecule has 0 bridgehead atoms. The molecule has 1 saturated heterocycles. The van der Waals surface area contributed by atoms with Gasteiger partial charge in [-0.3, -0.25) is 4.90 Å². The molecule has 2 fully saturated rings. The fraction of sp³-hybridized carbons (Fsp3) is 0.406. The number of aromatic nitrogens is 1. The van der Waals surface area contributed by atoms with Crippen LogP contribution in [0.1, 0.15) is 58.8 Å². The van der Waals surface area contributed by atoms with E-state index in [1.54, 1.807) is 0 Å². The second kappa shape index (κ2) is 11.9. The number of ether oxygens (including phenoxy) is 2. The molecule has 0 radical (unpaired) electrons. The molecule has 2 aromatic carbocycles. The summed E-state index contributed by atoms with van der Waals surface area (Å²) in [5, 5.41) is 9.84. The molecule has 204 valence electrons.